The average molecular weight is 406 g/mol. The maximum Gasteiger partial charge on any atom is 0.309 e. The molecule has 1 fully saturated rings. The molecule has 9 nitrogen and oxygen atoms in total. The van der Waals surface area contributed by atoms with Crippen molar-refractivity contribution in [2.24, 2.45) is 0 Å². The number of benzene rings is 1. The highest BCUT2D eigenvalue weighted by atomic mass is 35.5. The monoisotopic (exact) mass is 405 g/mol. The summed E-state index contributed by atoms with van der Waals surface area (Å²) in [6, 6.07) is 5.75. The number of hydrogen-bond donors (Lipinski definition) is 2. The number of nitrogens with one attached hydrogen (secondary N) is 2. The fourth-order valence-corrected chi connectivity index (χ4v) is 3.93. The van der Waals surface area contributed by atoms with Crippen LogP contribution in [0.5, 0.6) is 0 Å². The van der Waals surface area contributed by atoms with Crippen LogP contribution in [0.25, 0.3) is 0 Å². The highest BCUT2D eigenvalue weighted by Gasteiger charge is 2.36. The molecule has 1 aliphatic rings. The quantitative estimate of drug-likeness (QED) is 0.470. The summed E-state index contributed by atoms with van der Waals surface area (Å²) in [5, 5.41) is 5.16. The van der Waals surface area contributed by atoms with Crippen molar-refractivity contribution in [2.75, 3.05) is 40.0 Å². The molecule has 1 atom stereocenters. The molecule has 2 N–H and O–H groups in total. The van der Waals surface area contributed by atoms with Crippen molar-refractivity contribution in [3.05, 3.63) is 29.3 Å². The zero-order valence-electron chi connectivity index (χ0n) is 14.1. The summed E-state index contributed by atoms with van der Waals surface area (Å²) in [7, 11) is -2.34. The summed E-state index contributed by atoms with van der Waals surface area (Å²) in [6.45, 7) is 0.653. The average Bonchev–Trinajstić information content (AvgIpc) is 3.09. The molecule has 1 aromatic carbocycles. The van der Waals surface area contributed by atoms with Crippen LogP contribution in [0.1, 0.15) is 0 Å². The Labute approximate surface area is 156 Å². The first kappa shape index (κ1) is 20.6. The van der Waals surface area contributed by atoms with E-state index in [0.29, 0.717) is 5.02 Å². The SMILES string of the molecule is COCCNC(=O)C(=O)NCC1OCCN1S(=O)(=O)c1ccc(Cl)cc1. The van der Waals surface area contributed by atoms with E-state index in [1.54, 1.807) is 0 Å². The number of nitrogens with zero attached hydrogens (tertiary/aromatic N) is 1. The van der Waals surface area contributed by atoms with E-state index in [2.05, 4.69) is 10.6 Å². The van der Waals surface area contributed by atoms with E-state index >= 15 is 0 Å². The van der Waals surface area contributed by atoms with Gasteiger partial charge in [0.15, 0.2) is 0 Å². The molecule has 0 aliphatic carbocycles. The van der Waals surface area contributed by atoms with Crippen LogP contribution in [0.2, 0.25) is 5.02 Å². The lowest BCUT2D eigenvalue weighted by Gasteiger charge is -2.22. The first-order chi connectivity index (χ1) is 12.4. The van der Waals surface area contributed by atoms with Crippen molar-refractivity contribution < 1.29 is 27.5 Å². The molecule has 2 amide bonds. The summed E-state index contributed by atoms with van der Waals surface area (Å²) in [5.74, 6) is -1.70. The number of ether oxygens (including phenoxy) is 2. The van der Waals surface area contributed by atoms with Gasteiger partial charge in [-0.05, 0) is 24.3 Å². The zero-order chi connectivity index (χ0) is 19.2. The van der Waals surface area contributed by atoms with E-state index in [1.165, 1.54) is 31.4 Å². The van der Waals surface area contributed by atoms with Crippen LogP contribution in [0.15, 0.2) is 29.2 Å². The van der Waals surface area contributed by atoms with Crippen molar-refractivity contribution in [2.45, 2.75) is 11.1 Å². The third-order valence-corrected chi connectivity index (χ3v) is 5.75. The molecule has 11 heteroatoms. The van der Waals surface area contributed by atoms with Crippen molar-refractivity contribution in [3.63, 3.8) is 0 Å². The largest absolute Gasteiger partial charge is 0.383 e. The van der Waals surface area contributed by atoms with Crippen LogP contribution in [-0.4, -0.2) is 70.7 Å². The van der Waals surface area contributed by atoms with Crippen LogP contribution in [0.4, 0.5) is 0 Å². The molecule has 1 heterocycles. The Balaban J connectivity index is 1.96. The molecule has 0 spiro atoms. The molecule has 144 valence electrons. The second-order valence-electron chi connectivity index (χ2n) is 5.35. The number of sulfonamides is 1. The first-order valence-corrected chi connectivity index (χ1v) is 9.62. The molecule has 0 aromatic heterocycles. The Bertz CT molecular complexity index is 740. The van der Waals surface area contributed by atoms with Crippen LogP contribution >= 0.6 is 11.6 Å². The highest BCUT2D eigenvalue weighted by molar-refractivity contribution is 7.89. The third kappa shape index (κ3) is 5.15. The van der Waals surface area contributed by atoms with Gasteiger partial charge in [-0.1, -0.05) is 11.6 Å². The molecule has 1 aromatic rings. The van der Waals surface area contributed by atoms with Gasteiger partial charge < -0.3 is 20.1 Å². The van der Waals surface area contributed by atoms with Gasteiger partial charge in [0.2, 0.25) is 10.0 Å². The number of hydrogen-bond acceptors (Lipinski definition) is 6. The van der Waals surface area contributed by atoms with Gasteiger partial charge in [-0.25, -0.2) is 8.42 Å². The van der Waals surface area contributed by atoms with Gasteiger partial charge in [-0.15, -0.1) is 0 Å². The number of carbonyl (C=O) groups is 2. The van der Waals surface area contributed by atoms with E-state index in [9.17, 15) is 18.0 Å². The van der Waals surface area contributed by atoms with Gasteiger partial charge in [-0.3, -0.25) is 9.59 Å². The molecule has 26 heavy (non-hydrogen) atoms. The van der Waals surface area contributed by atoms with E-state index in [1.807, 2.05) is 0 Å². The van der Waals surface area contributed by atoms with Gasteiger partial charge in [0.05, 0.1) is 24.7 Å². The molecule has 1 saturated heterocycles. The van der Waals surface area contributed by atoms with Gasteiger partial charge in [-0.2, -0.15) is 4.31 Å². The summed E-state index contributed by atoms with van der Waals surface area (Å²) in [6.07, 6.45) is -0.897. The molecule has 1 aliphatic heterocycles. The Hall–Kier alpha value is -1.72. The Kier molecular flexibility index (Phi) is 7.35. The summed E-state index contributed by atoms with van der Waals surface area (Å²) in [5.41, 5.74) is 0. The Morgan fingerprint density at radius 3 is 2.58 bits per heavy atom. The minimum Gasteiger partial charge on any atom is -0.383 e. The zero-order valence-corrected chi connectivity index (χ0v) is 15.7. The topological polar surface area (TPSA) is 114 Å². The van der Waals surface area contributed by atoms with Gasteiger partial charge in [0, 0.05) is 25.2 Å². The molecule has 2 rings (SSSR count). The number of rotatable bonds is 7. The lowest BCUT2D eigenvalue weighted by atomic mass is 10.4. The maximum atomic E-state index is 12.7. The van der Waals surface area contributed by atoms with Crippen molar-refractivity contribution in [1.29, 1.82) is 0 Å². The Morgan fingerprint density at radius 1 is 1.27 bits per heavy atom. The van der Waals surface area contributed by atoms with Crippen LogP contribution in [0.3, 0.4) is 0 Å². The summed E-state index contributed by atoms with van der Waals surface area (Å²) in [4.78, 5) is 23.4. The second kappa shape index (κ2) is 9.28. The smallest absolute Gasteiger partial charge is 0.309 e. The highest BCUT2D eigenvalue weighted by Crippen LogP contribution is 2.23. The standard InChI is InChI=1S/C15H20ClN3O6S/c1-24-8-6-17-14(20)15(21)18-10-13-19(7-9-25-13)26(22,23)12-4-2-11(16)3-5-12/h2-5,13H,6-10H2,1H3,(H,17,20)(H,18,21). The van der Waals surface area contributed by atoms with Crippen LogP contribution in [-0.2, 0) is 29.1 Å². The fraction of sp³-hybridized carbons (Fsp3) is 0.467. The van der Waals surface area contributed by atoms with E-state index in [-0.39, 0.29) is 37.7 Å². The predicted octanol–water partition coefficient (Wildman–Crippen LogP) is -0.434. The maximum absolute atomic E-state index is 12.7. The van der Waals surface area contributed by atoms with Gasteiger partial charge in [0.25, 0.3) is 0 Å². The van der Waals surface area contributed by atoms with Crippen molar-refractivity contribution >= 4 is 33.4 Å². The molecule has 0 saturated carbocycles. The van der Waals surface area contributed by atoms with Crippen LogP contribution in [0, 0.1) is 0 Å². The lowest BCUT2D eigenvalue weighted by molar-refractivity contribution is -0.139. The Morgan fingerprint density at radius 2 is 1.92 bits per heavy atom. The van der Waals surface area contributed by atoms with E-state index in [4.69, 9.17) is 21.1 Å². The molecular formula is C15H20ClN3O6S. The van der Waals surface area contributed by atoms with Gasteiger partial charge in [0.1, 0.15) is 6.23 Å². The molecule has 0 radical (unpaired) electrons. The number of halogens is 1. The van der Waals surface area contributed by atoms with Gasteiger partial charge >= 0.3 is 11.8 Å². The minimum absolute atomic E-state index is 0.0704. The number of methoxy groups -OCH3 is 1. The van der Waals surface area contributed by atoms with Crippen LogP contribution < -0.4 is 10.6 Å². The number of amides is 2. The summed E-state index contributed by atoms with van der Waals surface area (Å²) >= 11 is 5.78. The fourth-order valence-electron chi connectivity index (χ4n) is 2.29. The first-order valence-electron chi connectivity index (χ1n) is 7.80. The van der Waals surface area contributed by atoms with E-state index in [0.717, 1.165) is 4.31 Å². The second-order valence-corrected chi connectivity index (χ2v) is 7.68. The summed E-state index contributed by atoms with van der Waals surface area (Å²) < 4.78 is 36.7. The van der Waals surface area contributed by atoms with Crippen molar-refractivity contribution in [1.82, 2.24) is 14.9 Å². The molecular weight excluding hydrogens is 386 g/mol. The van der Waals surface area contributed by atoms with E-state index < -0.39 is 28.1 Å². The third-order valence-electron chi connectivity index (χ3n) is 3.60. The molecule has 1 unspecified atom stereocenters. The normalized spacial score (nSPS) is 17.8. The predicted molar refractivity (Wildman–Crippen MR) is 93.0 cm³/mol. The minimum atomic E-state index is -3.81. The van der Waals surface area contributed by atoms with Crippen molar-refractivity contribution in [3.8, 4) is 0 Å². The number of carbonyl (C=O) groups excluding carboxylic acids is 2. The molecule has 0 bridgehead atoms. The lowest BCUT2D eigenvalue weighted by Crippen LogP contribution is -2.47.